The van der Waals surface area contributed by atoms with Crippen molar-refractivity contribution in [3.63, 3.8) is 0 Å². The van der Waals surface area contributed by atoms with Gasteiger partial charge in [-0.1, -0.05) is 24.3 Å². The molecular weight excluding hydrogens is 284 g/mol. The highest BCUT2D eigenvalue weighted by molar-refractivity contribution is 5.78. The van der Waals surface area contributed by atoms with Gasteiger partial charge in [-0.2, -0.15) is 0 Å². The lowest BCUT2D eigenvalue weighted by Crippen LogP contribution is -2.34. The second-order valence-electron chi connectivity index (χ2n) is 6.25. The van der Waals surface area contributed by atoms with Gasteiger partial charge in [0.25, 0.3) is 0 Å². The zero-order valence-electron chi connectivity index (χ0n) is 13.8. The average Bonchev–Trinajstić information content (AvgIpc) is 2.61. The van der Waals surface area contributed by atoms with Crippen LogP contribution in [0, 0.1) is 0 Å². The lowest BCUT2D eigenvalue weighted by atomic mass is 9.97. The van der Waals surface area contributed by atoms with Gasteiger partial charge in [-0.25, -0.2) is 0 Å². The Bertz CT molecular complexity index is 693. The van der Waals surface area contributed by atoms with Crippen molar-refractivity contribution in [3.8, 4) is 22.6 Å². The van der Waals surface area contributed by atoms with E-state index in [0.29, 0.717) is 0 Å². The number of fused-ring (bicyclic) bond motifs is 3. The summed E-state index contributed by atoms with van der Waals surface area (Å²) >= 11 is 0. The molecule has 0 atom stereocenters. The minimum atomic E-state index is -0.708. The van der Waals surface area contributed by atoms with Gasteiger partial charge >= 0.3 is 0 Å². The molecule has 0 spiro atoms. The van der Waals surface area contributed by atoms with Gasteiger partial charge in [-0.3, -0.25) is 0 Å². The molecule has 118 valence electrons. The zero-order chi connectivity index (χ0) is 16.4. The fourth-order valence-electron chi connectivity index (χ4n) is 2.89. The molecule has 0 bridgehead atoms. The van der Waals surface area contributed by atoms with Crippen LogP contribution in [0.15, 0.2) is 61.7 Å². The van der Waals surface area contributed by atoms with Crippen LogP contribution in [0.5, 0.6) is 11.5 Å². The normalized spacial score (nSPS) is 14.5. The average molecular weight is 306 g/mol. The first-order chi connectivity index (χ1) is 11.0. The van der Waals surface area contributed by atoms with Gasteiger partial charge in [0.2, 0.25) is 5.79 Å². The third-order valence-electron chi connectivity index (χ3n) is 3.85. The van der Waals surface area contributed by atoms with Gasteiger partial charge in [0.05, 0.1) is 0 Å². The SMILES string of the molecule is C=CCc1ccc2c(c1)-c1cc(CC=C)ccc1OC(C)(C)O2. The fourth-order valence-corrected chi connectivity index (χ4v) is 2.89. The summed E-state index contributed by atoms with van der Waals surface area (Å²) in [5.74, 6) is 0.981. The molecule has 2 heteroatoms. The van der Waals surface area contributed by atoms with E-state index in [1.807, 2.05) is 38.1 Å². The summed E-state index contributed by atoms with van der Waals surface area (Å²) in [5.41, 5.74) is 4.55. The molecule has 2 aromatic carbocycles. The summed E-state index contributed by atoms with van der Waals surface area (Å²) < 4.78 is 12.2. The molecule has 0 radical (unpaired) electrons. The Kier molecular flexibility index (Phi) is 3.99. The van der Waals surface area contributed by atoms with Gasteiger partial charge in [0.1, 0.15) is 11.5 Å². The van der Waals surface area contributed by atoms with Crippen LogP contribution in [0.3, 0.4) is 0 Å². The first-order valence-electron chi connectivity index (χ1n) is 7.88. The summed E-state index contributed by atoms with van der Waals surface area (Å²) in [6.45, 7) is 11.5. The number of hydrogen-bond donors (Lipinski definition) is 0. The van der Waals surface area contributed by atoms with Crippen LogP contribution in [0.25, 0.3) is 11.1 Å². The maximum Gasteiger partial charge on any atom is 0.245 e. The highest BCUT2D eigenvalue weighted by atomic mass is 16.7. The van der Waals surface area contributed by atoms with E-state index >= 15 is 0 Å². The number of rotatable bonds is 4. The summed E-state index contributed by atoms with van der Waals surface area (Å²) in [7, 11) is 0. The third kappa shape index (κ3) is 3.16. The summed E-state index contributed by atoms with van der Waals surface area (Å²) in [6, 6.07) is 12.5. The topological polar surface area (TPSA) is 18.5 Å². The zero-order valence-corrected chi connectivity index (χ0v) is 13.8. The van der Waals surface area contributed by atoms with Crippen molar-refractivity contribution in [2.75, 3.05) is 0 Å². The van der Waals surface area contributed by atoms with Crippen molar-refractivity contribution in [1.82, 2.24) is 0 Å². The van der Waals surface area contributed by atoms with Crippen molar-refractivity contribution in [3.05, 3.63) is 72.8 Å². The van der Waals surface area contributed by atoms with Crippen molar-refractivity contribution in [2.45, 2.75) is 32.5 Å². The first-order valence-corrected chi connectivity index (χ1v) is 7.88. The van der Waals surface area contributed by atoms with E-state index in [0.717, 1.165) is 35.5 Å². The van der Waals surface area contributed by atoms with Crippen LogP contribution in [0.2, 0.25) is 0 Å². The third-order valence-corrected chi connectivity index (χ3v) is 3.85. The molecule has 0 amide bonds. The van der Waals surface area contributed by atoms with Gasteiger partial charge in [-0.15, -0.1) is 13.2 Å². The van der Waals surface area contributed by atoms with Crippen LogP contribution in [-0.2, 0) is 12.8 Å². The quantitative estimate of drug-likeness (QED) is 0.712. The summed E-state index contributed by atoms with van der Waals surface area (Å²) in [6.07, 6.45) is 5.49. The Morgan fingerprint density at radius 3 is 1.65 bits per heavy atom. The van der Waals surface area contributed by atoms with E-state index < -0.39 is 5.79 Å². The molecule has 23 heavy (non-hydrogen) atoms. The van der Waals surface area contributed by atoms with E-state index in [2.05, 4.69) is 37.4 Å². The predicted octanol–water partition coefficient (Wildman–Crippen LogP) is 5.32. The minimum Gasteiger partial charge on any atom is -0.452 e. The highest BCUT2D eigenvalue weighted by Crippen LogP contribution is 2.43. The summed E-state index contributed by atoms with van der Waals surface area (Å²) in [5, 5.41) is 0. The van der Waals surface area contributed by atoms with Gasteiger partial charge < -0.3 is 9.47 Å². The molecule has 2 nitrogen and oxygen atoms in total. The van der Waals surface area contributed by atoms with Gasteiger partial charge in [0, 0.05) is 25.0 Å². The molecule has 0 aromatic heterocycles. The second kappa shape index (κ2) is 5.96. The lowest BCUT2D eigenvalue weighted by molar-refractivity contribution is -0.0778. The number of hydrogen-bond acceptors (Lipinski definition) is 2. The molecule has 0 aliphatic carbocycles. The molecule has 1 heterocycles. The van der Waals surface area contributed by atoms with Crippen LogP contribution < -0.4 is 9.47 Å². The Labute approximate surface area is 138 Å². The first kappa shape index (κ1) is 15.4. The Morgan fingerprint density at radius 2 is 1.26 bits per heavy atom. The van der Waals surface area contributed by atoms with Crippen molar-refractivity contribution in [2.24, 2.45) is 0 Å². The largest absolute Gasteiger partial charge is 0.452 e. The van der Waals surface area contributed by atoms with E-state index in [1.165, 1.54) is 11.1 Å². The lowest BCUT2D eigenvalue weighted by Gasteiger charge is -2.25. The molecule has 1 aliphatic heterocycles. The van der Waals surface area contributed by atoms with Crippen LogP contribution in [-0.4, -0.2) is 5.79 Å². The fraction of sp³-hybridized carbons (Fsp3) is 0.238. The van der Waals surface area contributed by atoms with Gasteiger partial charge in [0.15, 0.2) is 0 Å². The number of benzene rings is 2. The molecule has 0 fully saturated rings. The standard InChI is InChI=1S/C21H22O2/c1-5-7-15-9-11-19-17(13-15)18-14-16(8-6-2)10-12-20(18)23-21(3,4)22-19/h5-6,9-14H,1-2,7-8H2,3-4H3. The van der Waals surface area contributed by atoms with E-state index in [9.17, 15) is 0 Å². The maximum atomic E-state index is 6.09. The molecule has 1 aliphatic rings. The van der Waals surface area contributed by atoms with E-state index in [-0.39, 0.29) is 0 Å². The second-order valence-corrected chi connectivity index (χ2v) is 6.25. The molecule has 3 rings (SSSR count). The van der Waals surface area contributed by atoms with Crippen LogP contribution in [0.1, 0.15) is 25.0 Å². The van der Waals surface area contributed by atoms with E-state index in [1.54, 1.807) is 0 Å². The Hall–Kier alpha value is -2.48. The molecule has 0 unspecified atom stereocenters. The highest BCUT2D eigenvalue weighted by Gasteiger charge is 2.29. The molecule has 0 saturated heterocycles. The summed E-state index contributed by atoms with van der Waals surface area (Å²) in [4.78, 5) is 0. The Balaban J connectivity index is 2.20. The Morgan fingerprint density at radius 1 is 0.826 bits per heavy atom. The smallest absolute Gasteiger partial charge is 0.245 e. The molecule has 0 saturated carbocycles. The maximum absolute atomic E-state index is 6.09. The molecule has 0 N–H and O–H groups in total. The molecular formula is C21H22O2. The minimum absolute atomic E-state index is 0.708. The van der Waals surface area contributed by atoms with E-state index in [4.69, 9.17) is 9.47 Å². The van der Waals surface area contributed by atoms with Crippen molar-refractivity contribution < 1.29 is 9.47 Å². The van der Waals surface area contributed by atoms with Gasteiger partial charge in [-0.05, 0) is 48.2 Å². The predicted molar refractivity (Wildman–Crippen MR) is 95.0 cm³/mol. The number of allylic oxidation sites excluding steroid dienone is 2. The van der Waals surface area contributed by atoms with Crippen LogP contribution >= 0.6 is 0 Å². The monoisotopic (exact) mass is 306 g/mol. The van der Waals surface area contributed by atoms with Crippen molar-refractivity contribution in [1.29, 1.82) is 0 Å². The van der Waals surface area contributed by atoms with Crippen LogP contribution in [0.4, 0.5) is 0 Å². The molecule has 2 aromatic rings. The van der Waals surface area contributed by atoms with Crippen molar-refractivity contribution >= 4 is 0 Å². The number of ether oxygens (including phenoxy) is 2.